The highest BCUT2D eigenvalue weighted by Gasteiger charge is 2.27. The maximum Gasteiger partial charge on any atom is 0.258 e. The fourth-order valence-corrected chi connectivity index (χ4v) is 6.47. The minimum absolute atomic E-state index is 0.0311. The van der Waals surface area contributed by atoms with E-state index in [1.807, 2.05) is 0 Å². The van der Waals surface area contributed by atoms with Crippen LogP contribution in [0.3, 0.4) is 0 Å². The van der Waals surface area contributed by atoms with Crippen molar-refractivity contribution < 1.29 is 33.5 Å². The van der Waals surface area contributed by atoms with Crippen LogP contribution >= 0.6 is 58.0 Å². The maximum atomic E-state index is 13.5. The SMILES string of the molecule is CC(=O)C(N=Nc1cc(Cl)cc(C(=O)Nc2ccc(CCl)cc2)c1)C(=O)Nc1ccc(NC(=O)C(N=Nc2cc(Cl)cc(C(=O)Nc3ccc(CCl)cc3)c2)C(C)=O)c(OC(C)Cl)c1. The molecule has 5 rings (SSSR count). The second kappa shape index (κ2) is 22.9. The molecule has 4 N–H and O–H groups in total. The first-order chi connectivity index (χ1) is 30.5. The summed E-state index contributed by atoms with van der Waals surface area (Å²) in [6.45, 7) is 3.78. The van der Waals surface area contributed by atoms with E-state index in [1.54, 1.807) is 48.5 Å². The van der Waals surface area contributed by atoms with Crippen LogP contribution in [0, 0.1) is 0 Å². The van der Waals surface area contributed by atoms with Crippen molar-refractivity contribution in [2.75, 3.05) is 21.3 Å². The first-order valence-electron chi connectivity index (χ1n) is 18.9. The number of rotatable bonds is 18. The second-order valence-corrected chi connectivity index (χ2v) is 15.8. The summed E-state index contributed by atoms with van der Waals surface area (Å²) in [6.07, 6.45) is 0. The van der Waals surface area contributed by atoms with Gasteiger partial charge in [0.25, 0.3) is 23.6 Å². The molecule has 0 bridgehead atoms. The van der Waals surface area contributed by atoms with Gasteiger partial charge >= 0.3 is 0 Å². The maximum absolute atomic E-state index is 13.5. The minimum Gasteiger partial charge on any atom is -0.473 e. The van der Waals surface area contributed by atoms with Gasteiger partial charge in [-0.1, -0.05) is 59.1 Å². The number of nitrogens with one attached hydrogen (secondary N) is 4. The van der Waals surface area contributed by atoms with E-state index in [0.717, 1.165) is 25.0 Å². The van der Waals surface area contributed by atoms with Crippen LogP contribution < -0.4 is 26.0 Å². The van der Waals surface area contributed by atoms with E-state index in [4.69, 9.17) is 62.7 Å². The lowest BCUT2D eigenvalue weighted by Gasteiger charge is -2.17. The monoisotopic (exact) mass is 964 g/mol. The zero-order valence-corrected chi connectivity index (χ0v) is 37.8. The van der Waals surface area contributed by atoms with Crippen LogP contribution in [0.5, 0.6) is 5.75 Å². The molecular formula is C44H37Cl5N8O7. The summed E-state index contributed by atoms with van der Waals surface area (Å²) >= 11 is 30.4. The fraction of sp³-hybridized carbons (Fsp3) is 0.182. The lowest BCUT2D eigenvalue weighted by Crippen LogP contribution is -2.32. The van der Waals surface area contributed by atoms with E-state index in [1.165, 1.54) is 61.5 Å². The van der Waals surface area contributed by atoms with Gasteiger partial charge in [0.2, 0.25) is 12.1 Å². The zero-order chi connectivity index (χ0) is 46.5. The van der Waals surface area contributed by atoms with E-state index in [9.17, 15) is 28.8 Å². The Morgan fingerprint density at radius 1 is 0.562 bits per heavy atom. The van der Waals surface area contributed by atoms with Crippen molar-refractivity contribution in [2.45, 2.75) is 50.2 Å². The molecule has 0 radical (unpaired) electrons. The largest absolute Gasteiger partial charge is 0.473 e. The van der Waals surface area contributed by atoms with Crippen LogP contribution in [0.25, 0.3) is 0 Å². The molecule has 64 heavy (non-hydrogen) atoms. The molecule has 0 heterocycles. The second-order valence-electron chi connectivity index (χ2n) is 13.8. The molecule has 20 heteroatoms. The number of carbonyl (C=O) groups excluding carboxylic acids is 6. The van der Waals surface area contributed by atoms with E-state index < -0.39 is 52.8 Å². The number of alkyl halides is 3. The number of carbonyl (C=O) groups is 6. The Morgan fingerprint density at radius 2 is 0.984 bits per heavy atom. The number of azo groups is 2. The van der Waals surface area contributed by atoms with E-state index >= 15 is 0 Å². The van der Waals surface area contributed by atoms with Gasteiger partial charge in [-0.2, -0.15) is 20.5 Å². The van der Waals surface area contributed by atoms with Gasteiger partial charge in [-0.25, -0.2) is 0 Å². The summed E-state index contributed by atoms with van der Waals surface area (Å²) in [5.74, 6) is -3.50. The van der Waals surface area contributed by atoms with Crippen LogP contribution in [0.1, 0.15) is 52.6 Å². The van der Waals surface area contributed by atoms with Gasteiger partial charge in [0.05, 0.1) is 17.1 Å². The summed E-state index contributed by atoms with van der Waals surface area (Å²) in [5, 5.41) is 26.9. The number of benzene rings is 5. The Balaban J connectivity index is 1.28. The van der Waals surface area contributed by atoms with Crippen LogP contribution in [0.4, 0.5) is 34.1 Å². The average molecular weight is 967 g/mol. The molecule has 0 aliphatic carbocycles. The summed E-state index contributed by atoms with van der Waals surface area (Å²) in [7, 11) is 0. The molecule has 330 valence electrons. The predicted octanol–water partition coefficient (Wildman–Crippen LogP) is 11.3. The van der Waals surface area contributed by atoms with Crippen molar-refractivity contribution in [3.8, 4) is 5.75 Å². The lowest BCUT2D eigenvalue weighted by molar-refractivity contribution is -0.127. The lowest BCUT2D eigenvalue weighted by atomic mass is 10.1. The highest BCUT2D eigenvalue weighted by atomic mass is 35.5. The Hall–Kier alpha value is -6.23. The van der Waals surface area contributed by atoms with Gasteiger partial charge in [-0.15, -0.1) is 23.2 Å². The van der Waals surface area contributed by atoms with Crippen LogP contribution in [0.2, 0.25) is 10.0 Å². The number of Topliss-reactive ketones (excluding diaryl/α,β-unsaturated/α-hetero) is 2. The molecule has 5 aromatic rings. The molecule has 3 unspecified atom stereocenters. The molecule has 4 amide bonds. The van der Waals surface area contributed by atoms with Crippen molar-refractivity contribution in [2.24, 2.45) is 20.5 Å². The number of nitrogens with zero attached hydrogens (tertiary/aromatic N) is 4. The fourth-order valence-electron chi connectivity index (χ4n) is 5.56. The van der Waals surface area contributed by atoms with Gasteiger partial charge in [-0.3, -0.25) is 28.8 Å². The number of halogens is 5. The molecule has 0 aliphatic heterocycles. The number of ketones is 2. The van der Waals surface area contributed by atoms with Gasteiger partial charge in [0, 0.05) is 56.1 Å². The average Bonchev–Trinajstić information content (AvgIpc) is 3.24. The summed E-state index contributed by atoms with van der Waals surface area (Å²) < 4.78 is 5.69. The van der Waals surface area contributed by atoms with Gasteiger partial charge in [-0.05, 0) is 105 Å². The molecule has 15 nitrogen and oxygen atoms in total. The first-order valence-corrected chi connectivity index (χ1v) is 21.2. The van der Waals surface area contributed by atoms with Crippen molar-refractivity contribution in [3.63, 3.8) is 0 Å². The molecule has 0 saturated heterocycles. The third-order valence-corrected chi connectivity index (χ3v) is 9.80. The van der Waals surface area contributed by atoms with E-state index in [0.29, 0.717) is 23.1 Å². The van der Waals surface area contributed by atoms with Crippen molar-refractivity contribution in [1.29, 1.82) is 0 Å². The third kappa shape index (κ3) is 14.1. The first kappa shape index (κ1) is 48.8. The van der Waals surface area contributed by atoms with Crippen LogP contribution in [0.15, 0.2) is 124 Å². The quantitative estimate of drug-likeness (QED) is 0.0379. The summed E-state index contributed by atoms with van der Waals surface area (Å²) in [5.41, 5.74) is 2.43. The molecule has 0 spiro atoms. The predicted molar refractivity (Wildman–Crippen MR) is 248 cm³/mol. The number of anilines is 4. The standard InChI is InChI=1S/C44H37Cl5N8O7/c1-23(58)39(56-54-35-16-28(14-30(48)18-35)41(60)50-32-8-4-26(21-45)5-9-32)43(62)52-34-12-13-37(38(20-34)64-25(3)47)53-44(63)40(24(2)59)57-55-36-17-29(15-31(49)19-36)42(61)51-33-10-6-27(22-46)7-11-33/h4-20,25,39-40H,21-22H2,1-3H3,(H,50,60)(H,51,61)(H,52,62)(H,53,63). The minimum atomic E-state index is -1.65. The molecule has 5 aromatic carbocycles. The topological polar surface area (TPSA) is 209 Å². The Bertz CT molecular complexity index is 2630. The Morgan fingerprint density at radius 3 is 1.39 bits per heavy atom. The third-order valence-electron chi connectivity index (χ3n) is 8.66. The highest BCUT2D eigenvalue weighted by molar-refractivity contribution is 6.31. The molecule has 0 aliphatic rings. The van der Waals surface area contributed by atoms with E-state index in [-0.39, 0.29) is 49.7 Å². The van der Waals surface area contributed by atoms with Crippen molar-refractivity contribution in [3.05, 3.63) is 135 Å². The Labute approximate surface area is 391 Å². The van der Waals surface area contributed by atoms with Gasteiger partial charge in [0.1, 0.15) is 5.75 Å². The molecule has 0 fully saturated rings. The molecule has 0 aromatic heterocycles. The zero-order valence-electron chi connectivity index (χ0n) is 34.0. The highest BCUT2D eigenvalue weighted by Crippen LogP contribution is 2.31. The van der Waals surface area contributed by atoms with Crippen LogP contribution in [-0.4, -0.2) is 52.8 Å². The number of amides is 4. The van der Waals surface area contributed by atoms with E-state index in [2.05, 4.69) is 41.7 Å². The number of hydrogen-bond donors (Lipinski definition) is 4. The Kier molecular flexibility index (Phi) is 17.5. The smallest absolute Gasteiger partial charge is 0.258 e. The summed E-state index contributed by atoms with van der Waals surface area (Å²) in [4.78, 5) is 78.1. The molecule has 0 saturated carbocycles. The van der Waals surface area contributed by atoms with Gasteiger partial charge < -0.3 is 26.0 Å². The number of ether oxygens (including phenoxy) is 1. The van der Waals surface area contributed by atoms with Crippen LogP contribution in [-0.2, 0) is 30.9 Å². The number of hydrogen-bond acceptors (Lipinski definition) is 11. The molecular weight excluding hydrogens is 930 g/mol. The normalized spacial score (nSPS) is 12.6. The van der Waals surface area contributed by atoms with Crippen molar-refractivity contribution >= 4 is 127 Å². The summed E-state index contributed by atoms with van der Waals surface area (Å²) in [6, 6.07) is 23.0. The van der Waals surface area contributed by atoms with Gasteiger partial charge in [0.15, 0.2) is 17.1 Å². The molecule has 3 atom stereocenters. The van der Waals surface area contributed by atoms with Crippen molar-refractivity contribution in [1.82, 2.24) is 0 Å².